The normalized spacial score (nSPS) is 10.5. The summed E-state index contributed by atoms with van der Waals surface area (Å²) in [4.78, 5) is 29.1. The second kappa shape index (κ2) is 6.74. The van der Waals surface area contributed by atoms with E-state index >= 15 is 0 Å². The Morgan fingerprint density at radius 3 is 2.68 bits per heavy atom. The van der Waals surface area contributed by atoms with Gasteiger partial charge in [-0.15, -0.1) is 11.3 Å². The fraction of sp³-hybridized carbons (Fsp3) is 0.400. The zero-order valence-corrected chi connectivity index (χ0v) is 13.9. The van der Waals surface area contributed by atoms with Crippen LogP contribution in [0.3, 0.4) is 0 Å². The number of nitrogens with zero attached hydrogens (tertiary/aromatic N) is 2. The number of carbonyl (C=O) groups is 2. The number of anilines is 1. The van der Waals surface area contributed by atoms with Gasteiger partial charge in [-0.3, -0.25) is 4.79 Å². The fourth-order valence-electron chi connectivity index (χ4n) is 2.17. The minimum Gasteiger partial charge on any atom is -0.462 e. The molecular formula is C15H19N3O3S. The van der Waals surface area contributed by atoms with Crippen molar-refractivity contribution in [3.05, 3.63) is 34.1 Å². The Balaban J connectivity index is 2.12. The number of nitrogens with one attached hydrogen (secondary N) is 1. The molecule has 0 atom stereocenters. The Hall–Kier alpha value is -2.15. The summed E-state index contributed by atoms with van der Waals surface area (Å²) >= 11 is 1.43. The minimum absolute atomic E-state index is 0.135. The van der Waals surface area contributed by atoms with Gasteiger partial charge >= 0.3 is 5.97 Å². The SMILES string of the molecule is CCOC(=O)c1cc(C)n(CC(=O)Nc2ncc(C)s2)c1C. The Morgan fingerprint density at radius 1 is 1.36 bits per heavy atom. The lowest BCUT2D eigenvalue weighted by atomic mass is 10.2. The van der Waals surface area contributed by atoms with Gasteiger partial charge in [-0.1, -0.05) is 0 Å². The molecule has 22 heavy (non-hydrogen) atoms. The summed E-state index contributed by atoms with van der Waals surface area (Å²) in [6, 6.07) is 1.74. The van der Waals surface area contributed by atoms with Crippen molar-refractivity contribution in [1.82, 2.24) is 9.55 Å². The molecule has 1 amide bonds. The van der Waals surface area contributed by atoms with Crippen LogP contribution in [0.5, 0.6) is 0 Å². The van der Waals surface area contributed by atoms with Crippen molar-refractivity contribution in [2.75, 3.05) is 11.9 Å². The van der Waals surface area contributed by atoms with Gasteiger partial charge in [0.1, 0.15) is 6.54 Å². The van der Waals surface area contributed by atoms with Crippen LogP contribution in [0, 0.1) is 20.8 Å². The molecule has 0 saturated heterocycles. The van der Waals surface area contributed by atoms with Crippen LogP contribution in [-0.2, 0) is 16.1 Å². The summed E-state index contributed by atoms with van der Waals surface area (Å²) < 4.78 is 6.81. The molecule has 0 aliphatic heterocycles. The summed E-state index contributed by atoms with van der Waals surface area (Å²) in [5, 5.41) is 3.34. The molecule has 0 spiro atoms. The smallest absolute Gasteiger partial charge is 0.339 e. The Kier molecular flexibility index (Phi) is 4.97. The molecule has 0 radical (unpaired) electrons. The number of ether oxygens (including phenoxy) is 1. The molecule has 0 fully saturated rings. The van der Waals surface area contributed by atoms with Gasteiger partial charge in [0.2, 0.25) is 5.91 Å². The lowest BCUT2D eigenvalue weighted by Gasteiger charge is -2.09. The summed E-state index contributed by atoms with van der Waals surface area (Å²) in [5.74, 6) is -0.538. The van der Waals surface area contributed by atoms with E-state index in [1.807, 2.05) is 13.8 Å². The molecule has 0 aliphatic rings. The maximum atomic E-state index is 12.1. The predicted molar refractivity (Wildman–Crippen MR) is 85.3 cm³/mol. The molecule has 2 aromatic rings. The summed E-state index contributed by atoms with van der Waals surface area (Å²) in [6.45, 7) is 7.82. The largest absolute Gasteiger partial charge is 0.462 e. The Labute approximate surface area is 133 Å². The van der Waals surface area contributed by atoms with Gasteiger partial charge in [-0.25, -0.2) is 9.78 Å². The third kappa shape index (κ3) is 3.54. The second-order valence-electron chi connectivity index (χ2n) is 4.92. The van der Waals surface area contributed by atoms with Crippen molar-refractivity contribution in [2.24, 2.45) is 0 Å². The van der Waals surface area contributed by atoms with Gasteiger partial charge in [-0.2, -0.15) is 0 Å². The van der Waals surface area contributed by atoms with Crippen LogP contribution in [0.25, 0.3) is 0 Å². The van der Waals surface area contributed by atoms with Crippen molar-refractivity contribution < 1.29 is 14.3 Å². The highest BCUT2D eigenvalue weighted by atomic mass is 32.1. The first-order valence-electron chi connectivity index (χ1n) is 6.98. The maximum absolute atomic E-state index is 12.1. The van der Waals surface area contributed by atoms with Crippen molar-refractivity contribution >= 4 is 28.3 Å². The molecule has 118 valence electrons. The zero-order valence-electron chi connectivity index (χ0n) is 13.1. The molecule has 0 unspecified atom stereocenters. The molecule has 0 aliphatic carbocycles. The topological polar surface area (TPSA) is 73.2 Å². The molecule has 0 saturated carbocycles. The van der Waals surface area contributed by atoms with Crippen LogP contribution in [0.2, 0.25) is 0 Å². The van der Waals surface area contributed by atoms with Gasteiger partial charge in [0.15, 0.2) is 5.13 Å². The van der Waals surface area contributed by atoms with E-state index in [1.54, 1.807) is 30.7 Å². The lowest BCUT2D eigenvalue weighted by Crippen LogP contribution is -2.20. The van der Waals surface area contributed by atoms with Gasteiger partial charge < -0.3 is 14.6 Å². The van der Waals surface area contributed by atoms with Crippen LogP contribution in [0.15, 0.2) is 12.3 Å². The average Bonchev–Trinajstić information content (AvgIpc) is 2.97. The molecule has 0 aromatic carbocycles. The zero-order chi connectivity index (χ0) is 16.3. The van der Waals surface area contributed by atoms with Crippen molar-refractivity contribution in [3.63, 3.8) is 0 Å². The number of aryl methyl sites for hydroxylation is 2. The van der Waals surface area contributed by atoms with Crippen LogP contribution < -0.4 is 5.32 Å². The number of rotatable bonds is 5. The first-order valence-corrected chi connectivity index (χ1v) is 7.80. The molecule has 2 rings (SSSR count). The number of hydrogen-bond donors (Lipinski definition) is 1. The molecule has 0 bridgehead atoms. The maximum Gasteiger partial charge on any atom is 0.339 e. The van der Waals surface area contributed by atoms with Gasteiger partial charge in [0.05, 0.1) is 12.2 Å². The number of aromatic nitrogens is 2. The lowest BCUT2D eigenvalue weighted by molar-refractivity contribution is -0.116. The van der Waals surface area contributed by atoms with Crippen LogP contribution in [-0.4, -0.2) is 28.0 Å². The summed E-state index contributed by atoms with van der Waals surface area (Å²) in [5.41, 5.74) is 2.06. The van der Waals surface area contributed by atoms with Gasteiger partial charge in [0, 0.05) is 22.5 Å². The predicted octanol–water partition coefficient (Wildman–Crippen LogP) is 2.69. The summed E-state index contributed by atoms with van der Waals surface area (Å²) in [7, 11) is 0. The number of amides is 1. The first kappa shape index (κ1) is 16.2. The van der Waals surface area contributed by atoms with E-state index in [1.165, 1.54) is 11.3 Å². The number of hydrogen-bond acceptors (Lipinski definition) is 5. The highest BCUT2D eigenvalue weighted by molar-refractivity contribution is 7.15. The minimum atomic E-state index is -0.363. The van der Waals surface area contributed by atoms with E-state index in [9.17, 15) is 9.59 Å². The Bertz CT molecular complexity index is 703. The fourth-order valence-corrected chi connectivity index (χ4v) is 2.86. The quantitative estimate of drug-likeness (QED) is 0.859. The number of esters is 1. The van der Waals surface area contributed by atoms with E-state index in [-0.39, 0.29) is 18.4 Å². The number of thiazole rings is 1. The standard InChI is InChI=1S/C15H19N3O3S/c1-5-21-14(20)12-6-9(2)18(11(12)4)8-13(19)17-15-16-7-10(3)22-15/h6-7H,5,8H2,1-4H3,(H,16,17,19). The molecular weight excluding hydrogens is 302 g/mol. The van der Waals surface area contributed by atoms with Crippen LogP contribution in [0.4, 0.5) is 5.13 Å². The van der Waals surface area contributed by atoms with E-state index in [4.69, 9.17) is 4.74 Å². The van der Waals surface area contributed by atoms with Crippen molar-refractivity contribution in [1.29, 1.82) is 0 Å². The first-order chi connectivity index (χ1) is 10.4. The van der Waals surface area contributed by atoms with Gasteiger partial charge in [-0.05, 0) is 33.8 Å². The number of carbonyl (C=O) groups excluding carboxylic acids is 2. The van der Waals surface area contributed by atoms with Crippen LogP contribution in [0.1, 0.15) is 33.5 Å². The third-order valence-electron chi connectivity index (χ3n) is 3.24. The highest BCUT2D eigenvalue weighted by Crippen LogP contribution is 2.18. The molecule has 1 N–H and O–H groups in total. The second-order valence-corrected chi connectivity index (χ2v) is 6.15. The summed E-state index contributed by atoms with van der Waals surface area (Å²) in [6.07, 6.45) is 1.71. The molecule has 6 nitrogen and oxygen atoms in total. The molecule has 7 heteroatoms. The third-order valence-corrected chi connectivity index (χ3v) is 4.07. The van der Waals surface area contributed by atoms with E-state index in [0.29, 0.717) is 17.3 Å². The molecule has 2 aromatic heterocycles. The van der Waals surface area contributed by atoms with E-state index in [2.05, 4.69) is 10.3 Å². The monoisotopic (exact) mass is 321 g/mol. The van der Waals surface area contributed by atoms with Crippen molar-refractivity contribution in [3.8, 4) is 0 Å². The van der Waals surface area contributed by atoms with Crippen LogP contribution >= 0.6 is 11.3 Å². The van der Waals surface area contributed by atoms with E-state index < -0.39 is 0 Å². The molecule has 2 heterocycles. The van der Waals surface area contributed by atoms with Crippen molar-refractivity contribution in [2.45, 2.75) is 34.2 Å². The Morgan fingerprint density at radius 2 is 2.09 bits per heavy atom. The highest BCUT2D eigenvalue weighted by Gasteiger charge is 2.18. The van der Waals surface area contributed by atoms with Gasteiger partial charge in [0.25, 0.3) is 0 Å². The van der Waals surface area contributed by atoms with E-state index in [0.717, 1.165) is 16.3 Å². The average molecular weight is 321 g/mol.